The van der Waals surface area contributed by atoms with Crippen LogP contribution >= 0.6 is 22.9 Å². The number of aromatic nitrogens is 1. The molecule has 7 heteroatoms. The zero-order valence-corrected chi connectivity index (χ0v) is 19.0. The highest BCUT2D eigenvalue weighted by Crippen LogP contribution is 2.24. The number of hydrogen-bond donors (Lipinski definition) is 1. The molecule has 5 nitrogen and oxygen atoms in total. The van der Waals surface area contributed by atoms with E-state index in [1.165, 1.54) is 5.56 Å². The molecule has 2 amide bonds. The molecule has 1 fully saturated rings. The van der Waals surface area contributed by atoms with Gasteiger partial charge in [0, 0.05) is 48.7 Å². The third kappa shape index (κ3) is 6.29. The van der Waals surface area contributed by atoms with Gasteiger partial charge in [-0.1, -0.05) is 54.1 Å². The van der Waals surface area contributed by atoms with Crippen LogP contribution in [-0.4, -0.2) is 53.5 Å². The Morgan fingerprint density at radius 2 is 1.77 bits per heavy atom. The molecule has 0 radical (unpaired) electrons. The first-order valence-corrected chi connectivity index (χ1v) is 11.9. The first-order chi connectivity index (χ1) is 15.2. The molecule has 2 aromatic carbocycles. The number of carbonyl (C=O) groups is 1. The minimum atomic E-state index is 0.0481. The smallest absolute Gasteiger partial charge is 0.317 e. The van der Waals surface area contributed by atoms with Gasteiger partial charge in [0.25, 0.3) is 0 Å². The maximum atomic E-state index is 12.4. The van der Waals surface area contributed by atoms with E-state index in [-0.39, 0.29) is 6.03 Å². The molecule has 3 aromatic rings. The zero-order valence-electron chi connectivity index (χ0n) is 17.5. The van der Waals surface area contributed by atoms with E-state index in [0.29, 0.717) is 6.54 Å². The molecule has 31 heavy (non-hydrogen) atoms. The summed E-state index contributed by atoms with van der Waals surface area (Å²) in [6.07, 6.45) is 1.94. The molecule has 1 saturated heterocycles. The molecule has 1 aromatic heterocycles. The van der Waals surface area contributed by atoms with Crippen LogP contribution in [0.1, 0.15) is 17.0 Å². The molecule has 1 N–H and O–H groups in total. The Kier molecular flexibility index (Phi) is 7.57. The summed E-state index contributed by atoms with van der Waals surface area (Å²) in [5.41, 5.74) is 3.39. The summed E-state index contributed by atoms with van der Waals surface area (Å²) in [5, 5.41) is 6.99. The number of carbonyl (C=O) groups excluding carboxylic acids is 1. The van der Waals surface area contributed by atoms with Gasteiger partial charge in [-0.2, -0.15) is 0 Å². The Labute approximate surface area is 192 Å². The molecule has 0 aliphatic carbocycles. The molecule has 162 valence electrons. The van der Waals surface area contributed by atoms with Gasteiger partial charge >= 0.3 is 6.03 Å². The van der Waals surface area contributed by atoms with Crippen molar-refractivity contribution in [3.8, 4) is 11.3 Å². The van der Waals surface area contributed by atoms with Crippen molar-refractivity contribution in [1.82, 2.24) is 20.1 Å². The standard InChI is InChI=1S/C24H27ClN4OS/c25-21-10-8-20(9-11-21)22-18-31-23(27-22)17-28-13-15-29(16-14-28)24(30)26-12-4-7-19-5-2-1-3-6-19/h1-3,5-6,8-11,18H,4,7,12-17H2,(H,26,30). The summed E-state index contributed by atoms with van der Waals surface area (Å²) >= 11 is 7.65. The molecule has 0 atom stereocenters. The quantitative estimate of drug-likeness (QED) is 0.515. The van der Waals surface area contributed by atoms with Crippen LogP contribution in [0.5, 0.6) is 0 Å². The number of hydrogen-bond acceptors (Lipinski definition) is 4. The monoisotopic (exact) mass is 454 g/mol. The summed E-state index contributed by atoms with van der Waals surface area (Å²) in [5.74, 6) is 0. The number of amides is 2. The van der Waals surface area contributed by atoms with Gasteiger partial charge in [-0.05, 0) is 30.5 Å². The highest BCUT2D eigenvalue weighted by molar-refractivity contribution is 7.09. The lowest BCUT2D eigenvalue weighted by atomic mass is 10.1. The summed E-state index contributed by atoms with van der Waals surface area (Å²) in [6.45, 7) is 4.77. The lowest BCUT2D eigenvalue weighted by molar-refractivity contribution is 0.135. The number of nitrogens with one attached hydrogen (secondary N) is 1. The maximum absolute atomic E-state index is 12.4. The number of rotatable bonds is 7. The molecular weight excluding hydrogens is 428 g/mol. The fourth-order valence-electron chi connectivity index (χ4n) is 3.68. The van der Waals surface area contributed by atoms with Crippen molar-refractivity contribution < 1.29 is 4.79 Å². The third-order valence-corrected chi connectivity index (χ3v) is 6.56. The zero-order chi connectivity index (χ0) is 21.5. The van der Waals surface area contributed by atoms with Crippen LogP contribution < -0.4 is 5.32 Å². The number of nitrogens with zero attached hydrogens (tertiary/aromatic N) is 3. The van der Waals surface area contributed by atoms with Crippen LogP contribution in [-0.2, 0) is 13.0 Å². The lowest BCUT2D eigenvalue weighted by Gasteiger charge is -2.34. The highest BCUT2D eigenvalue weighted by Gasteiger charge is 2.21. The minimum Gasteiger partial charge on any atom is -0.338 e. The maximum Gasteiger partial charge on any atom is 0.317 e. The van der Waals surface area contributed by atoms with Gasteiger partial charge in [-0.25, -0.2) is 9.78 Å². The van der Waals surface area contributed by atoms with Crippen LogP contribution in [0.25, 0.3) is 11.3 Å². The SMILES string of the molecule is O=C(NCCCc1ccccc1)N1CCN(Cc2nc(-c3ccc(Cl)cc3)cs2)CC1. The Bertz CT molecular complexity index is 969. The lowest BCUT2D eigenvalue weighted by Crippen LogP contribution is -2.51. The number of aryl methyl sites for hydroxylation is 1. The Hall–Kier alpha value is -2.41. The number of halogens is 1. The second-order valence-corrected chi connectivity index (χ2v) is 9.10. The van der Waals surface area contributed by atoms with E-state index in [1.54, 1.807) is 11.3 Å². The molecule has 1 aliphatic heterocycles. The number of thiazole rings is 1. The fraction of sp³-hybridized carbons (Fsp3) is 0.333. The van der Waals surface area contributed by atoms with Crippen LogP contribution in [0.2, 0.25) is 5.02 Å². The van der Waals surface area contributed by atoms with Crippen LogP contribution in [0.3, 0.4) is 0 Å². The molecular formula is C24H27ClN4OS. The molecule has 0 saturated carbocycles. The molecule has 1 aliphatic rings. The second kappa shape index (κ2) is 10.8. The Morgan fingerprint density at radius 3 is 2.52 bits per heavy atom. The van der Waals surface area contributed by atoms with Gasteiger partial charge in [0.1, 0.15) is 5.01 Å². The van der Waals surface area contributed by atoms with Crippen molar-refractivity contribution in [2.45, 2.75) is 19.4 Å². The number of urea groups is 1. The van der Waals surface area contributed by atoms with Gasteiger partial charge in [0.05, 0.1) is 12.2 Å². The first-order valence-electron chi connectivity index (χ1n) is 10.7. The van der Waals surface area contributed by atoms with E-state index in [0.717, 1.165) is 66.9 Å². The van der Waals surface area contributed by atoms with Crippen LogP contribution in [0.4, 0.5) is 4.79 Å². The normalized spacial score (nSPS) is 14.5. The Morgan fingerprint density at radius 1 is 1.03 bits per heavy atom. The van der Waals surface area contributed by atoms with E-state index in [4.69, 9.17) is 16.6 Å². The van der Waals surface area contributed by atoms with Crippen molar-refractivity contribution in [1.29, 1.82) is 0 Å². The second-order valence-electron chi connectivity index (χ2n) is 7.72. The number of piperazine rings is 1. The van der Waals surface area contributed by atoms with Gasteiger partial charge in [-0.3, -0.25) is 4.90 Å². The summed E-state index contributed by atoms with van der Waals surface area (Å²) in [6, 6.07) is 18.2. The fourth-order valence-corrected chi connectivity index (χ4v) is 4.65. The van der Waals surface area contributed by atoms with Gasteiger partial charge in [0.2, 0.25) is 0 Å². The topological polar surface area (TPSA) is 48.5 Å². The van der Waals surface area contributed by atoms with Crippen LogP contribution in [0.15, 0.2) is 60.0 Å². The predicted molar refractivity (Wildman–Crippen MR) is 128 cm³/mol. The van der Waals surface area contributed by atoms with Gasteiger partial charge in [0.15, 0.2) is 0 Å². The average Bonchev–Trinajstić information content (AvgIpc) is 3.27. The predicted octanol–water partition coefficient (Wildman–Crippen LogP) is 4.92. The van der Waals surface area contributed by atoms with E-state index in [9.17, 15) is 4.79 Å². The molecule has 2 heterocycles. The summed E-state index contributed by atoms with van der Waals surface area (Å²) in [7, 11) is 0. The van der Waals surface area contributed by atoms with Crippen molar-refractivity contribution in [2.75, 3.05) is 32.7 Å². The highest BCUT2D eigenvalue weighted by atomic mass is 35.5. The largest absolute Gasteiger partial charge is 0.338 e. The number of benzene rings is 2. The van der Waals surface area contributed by atoms with E-state index >= 15 is 0 Å². The van der Waals surface area contributed by atoms with E-state index in [2.05, 4.69) is 39.9 Å². The summed E-state index contributed by atoms with van der Waals surface area (Å²) in [4.78, 5) is 21.5. The molecule has 4 rings (SSSR count). The minimum absolute atomic E-state index is 0.0481. The van der Waals surface area contributed by atoms with Gasteiger partial charge in [-0.15, -0.1) is 11.3 Å². The Balaban J connectivity index is 1.17. The first kappa shape index (κ1) is 21.8. The molecule has 0 bridgehead atoms. The molecule has 0 unspecified atom stereocenters. The van der Waals surface area contributed by atoms with Crippen molar-refractivity contribution >= 4 is 29.0 Å². The van der Waals surface area contributed by atoms with E-state index < -0.39 is 0 Å². The average molecular weight is 455 g/mol. The third-order valence-electron chi connectivity index (χ3n) is 5.47. The summed E-state index contributed by atoms with van der Waals surface area (Å²) < 4.78 is 0. The van der Waals surface area contributed by atoms with Crippen molar-refractivity contribution in [3.63, 3.8) is 0 Å². The van der Waals surface area contributed by atoms with Crippen molar-refractivity contribution in [3.05, 3.63) is 75.6 Å². The molecule has 0 spiro atoms. The van der Waals surface area contributed by atoms with E-state index in [1.807, 2.05) is 35.2 Å². The van der Waals surface area contributed by atoms with Crippen LogP contribution in [0, 0.1) is 0 Å². The van der Waals surface area contributed by atoms with Gasteiger partial charge < -0.3 is 10.2 Å². The van der Waals surface area contributed by atoms with Crippen molar-refractivity contribution in [2.24, 2.45) is 0 Å².